The minimum atomic E-state index is -1.03. The van der Waals surface area contributed by atoms with E-state index in [1.807, 2.05) is 26.0 Å². The van der Waals surface area contributed by atoms with Gasteiger partial charge in [0.1, 0.15) is 0 Å². The van der Waals surface area contributed by atoms with Crippen molar-refractivity contribution in [2.45, 2.75) is 32.9 Å². The maximum Gasteiger partial charge on any atom is 0.341 e. The highest BCUT2D eigenvalue weighted by Gasteiger charge is 2.09. The lowest BCUT2D eigenvalue weighted by atomic mass is 10.1. The van der Waals surface area contributed by atoms with E-state index in [-0.39, 0.29) is 12.6 Å². The number of hydrogen-bond acceptors (Lipinski definition) is 5. The van der Waals surface area contributed by atoms with Gasteiger partial charge in [-0.3, -0.25) is 0 Å². The summed E-state index contributed by atoms with van der Waals surface area (Å²) < 4.78 is 10.7. The van der Waals surface area contributed by atoms with E-state index in [9.17, 15) is 4.79 Å². The highest BCUT2D eigenvalue weighted by atomic mass is 16.5. The van der Waals surface area contributed by atoms with Crippen molar-refractivity contribution >= 4 is 5.97 Å². The average Bonchev–Trinajstić information content (AvgIpc) is 2.47. The zero-order valence-corrected chi connectivity index (χ0v) is 12.5. The molecule has 21 heavy (non-hydrogen) atoms. The molecule has 1 unspecified atom stereocenters. The van der Waals surface area contributed by atoms with Gasteiger partial charge >= 0.3 is 5.97 Å². The van der Waals surface area contributed by atoms with Crippen molar-refractivity contribution in [3.05, 3.63) is 23.8 Å². The van der Waals surface area contributed by atoms with E-state index >= 15 is 0 Å². The van der Waals surface area contributed by atoms with E-state index in [1.54, 1.807) is 6.07 Å². The molecule has 1 rings (SSSR count). The van der Waals surface area contributed by atoms with Crippen LogP contribution in [-0.2, 0) is 11.3 Å². The summed E-state index contributed by atoms with van der Waals surface area (Å²) in [7, 11) is 0. The second-order valence-electron chi connectivity index (χ2n) is 4.57. The largest absolute Gasteiger partial charge is 0.490 e. The molecule has 0 spiro atoms. The number of carboxylic acid groups (broad SMARTS) is 1. The van der Waals surface area contributed by atoms with Gasteiger partial charge in [-0.25, -0.2) is 4.79 Å². The van der Waals surface area contributed by atoms with Crippen molar-refractivity contribution < 1.29 is 24.5 Å². The van der Waals surface area contributed by atoms with Crippen LogP contribution in [0.5, 0.6) is 11.5 Å². The lowest BCUT2D eigenvalue weighted by Gasteiger charge is -2.16. The molecule has 0 heterocycles. The quantitative estimate of drug-likeness (QED) is 0.605. The van der Waals surface area contributed by atoms with Crippen molar-refractivity contribution in [1.29, 1.82) is 0 Å². The Morgan fingerprint density at radius 1 is 1.29 bits per heavy atom. The van der Waals surface area contributed by atoms with Crippen molar-refractivity contribution in [2.24, 2.45) is 0 Å². The predicted molar refractivity (Wildman–Crippen MR) is 78.7 cm³/mol. The summed E-state index contributed by atoms with van der Waals surface area (Å²) in [6, 6.07) is 5.42. The third-order valence-corrected chi connectivity index (χ3v) is 2.97. The number of aliphatic hydroxyl groups is 1. The molecule has 0 aliphatic carbocycles. The highest BCUT2D eigenvalue weighted by molar-refractivity contribution is 5.68. The van der Waals surface area contributed by atoms with E-state index < -0.39 is 12.6 Å². The molecule has 0 radical (unpaired) electrons. The molecule has 6 nitrogen and oxygen atoms in total. The molecule has 0 saturated heterocycles. The average molecular weight is 297 g/mol. The molecular weight excluding hydrogens is 274 g/mol. The lowest BCUT2D eigenvalue weighted by molar-refractivity contribution is -0.139. The molecule has 0 fully saturated rings. The van der Waals surface area contributed by atoms with Crippen molar-refractivity contribution in [3.8, 4) is 11.5 Å². The minimum Gasteiger partial charge on any atom is -0.490 e. The Labute approximate surface area is 124 Å². The number of nitrogens with one attached hydrogen (secondary N) is 1. The highest BCUT2D eigenvalue weighted by Crippen LogP contribution is 2.28. The zero-order valence-electron chi connectivity index (χ0n) is 12.5. The van der Waals surface area contributed by atoms with Crippen LogP contribution in [0.15, 0.2) is 18.2 Å². The number of rotatable bonds is 10. The monoisotopic (exact) mass is 297 g/mol. The first kappa shape index (κ1) is 17.3. The molecular formula is C15H23NO5. The predicted octanol–water partition coefficient (Wildman–Crippen LogP) is 1.41. The van der Waals surface area contributed by atoms with Crippen LogP contribution >= 0.6 is 0 Å². The van der Waals surface area contributed by atoms with Crippen molar-refractivity contribution in [2.75, 3.05) is 19.8 Å². The Balaban J connectivity index is 2.74. The van der Waals surface area contributed by atoms with Gasteiger partial charge in [-0.1, -0.05) is 13.0 Å². The van der Waals surface area contributed by atoms with Crippen LogP contribution < -0.4 is 14.8 Å². The topological polar surface area (TPSA) is 88.0 Å². The minimum absolute atomic E-state index is 0.0588. The Morgan fingerprint density at radius 2 is 2.05 bits per heavy atom. The van der Waals surface area contributed by atoms with Crippen LogP contribution in [0.2, 0.25) is 0 Å². The third-order valence-electron chi connectivity index (χ3n) is 2.97. The van der Waals surface area contributed by atoms with Crippen LogP contribution in [0.4, 0.5) is 0 Å². The molecule has 118 valence electrons. The smallest absolute Gasteiger partial charge is 0.341 e. The lowest BCUT2D eigenvalue weighted by Crippen LogP contribution is -2.31. The molecule has 6 heteroatoms. The van der Waals surface area contributed by atoms with E-state index in [2.05, 4.69) is 5.32 Å². The molecule has 0 bridgehead atoms. The first-order valence-corrected chi connectivity index (χ1v) is 7.05. The van der Waals surface area contributed by atoms with Crippen LogP contribution in [0, 0.1) is 0 Å². The molecule has 0 aliphatic heterocycles. The van der Waals surface area contributed by atoms with Crippen LogP contribution in [0.25, 0.3) is 0 Å². The molecule has 1 aromatic carbocycles. The number of hydrogen-bond donors (Lipinski definition) is 3. The second-order valence-corrected chi connectivity index (χ2v) is 4.57. The summed E-state index contributed by atoms with van der Waals surface area (Å²) in [5.74, 6) is -0.0933. The van der Waals surface area contributed by atoms with E-state index in [4.69, 9.17) is 19.7 Å². The molecule has 0 saturated carbocycles. The van der Waals surface area contributed by atoms with Gasteiger partial charge in [-0.05, 0) is 31.0 Å². The van der Waals surface area contributed by atoms with Gasteiger partial charge in [0.2, 0.25) is 0 Å². The van der Waals surface area contributed by atoms with E-state index in [0.717, 1.165) is 12.0 Å². The standard InChI is InChI=1S/C15H23NO5/c1-3-12(9-17)16-8-11-5-6-13(21-10-15(18)19)14(7-11)20-4-2/h5-7,12,16-17H,3-4,8-10H2,1-2H3,(H,18,19). The summed E-state index contributed by atoms with van der Waals surface area (Å²) in [5.41, 5.74) is 0.980. The van der Waals surface area contributed by atoms with Crippen LogP contribution in [-0.4, -0.2) is 42.0 Å². The maximum absolute atomic E-state index is 10.6. The summed E-state index contributed by atoms with van der Waals surface area (Å²) in [4.78, 5) is 10.6. The number of carbonyl (C=O) groups is 1. The SMILES string of the molecule is CCOc1cc(CNC(CC)CO)ccc1OCC(=O)O. The number of benzene rings is 1. The maximum atomic E-state index is 10.6. The number of carboxylic acids is 1. The first-order valence-electron chi connectivity index (χ1n) is 7.05. The van der Waals surface area contributed by atoms with Gasteiger partial charge in [-0.2, -0.15) is 0 Å². The zero-order chi connectivity index (χ0) is 15.7. The van der Waals surface area contributed by atoms with Gasteiger partial charge in [0.25, 0.3) is 0 Å². The molecule has 3 N–H and O–H groups in total. The van der Waals surface area contributed by atoms with Crippen molar-refractivity contribution in [1.82, 2.24) is 5.32 Å². The molecule has 1 aromatic rings. The Morgan fingerprint density at radius 3 is 2.62 bits per heavy atom. The molecule has 0 amide bonds. The molecule has 0 aromatic heterocycles. The fourth-order valence-electron chi connectivity index (χ4n) is 1.79. The Bertz CT molecular complexity index is 446. The third kappa shape index (κ3) is 6.01. The summed E-state index contributed by atoms with van der Waals surface area (Å²) in [6.45, 7) is 4.61. The van der Waals surface area contributed by atoms with Gasteiger partial charge in [0, 0.05) is 12.6 Å². The normalized spacial score (nSPS) is 12.0. The fourth-order valence-corrected chi connectivity index (χ4v) is 1.79. The molecule has 1 atom stereocenters. The second kappa shape index (κ2) is 9.20. The summed E-state index contributed by atoms with van der Waals surface area (Å²) >= 11 is 0. The van der Waals surface area contributed by atoms with Crippen LogP contribution in [0.3, 0.4) is 0 Å². The van der Waals surface area contributed by atoms with Gasteiger partial charge in [0.15, 0.2) is 18.1 Å². The van der Waals surface area contributed by atoms with E-state index in [1.165, 1.54) is 0 Å². The van der Waals surface area contributed by atoms with Crippen molar-refractivity contribution in [3.63, 3.8) is 0 Å². The molecule has 0 aliphatic rings. The summed E-state index contributed by atoms with van der Waals surface area (Å²) in [6.07, 6.45) is 0.842. The Kier molecular flexibility index (Phi) is 7.56. The van der Waals surface area contributed by atoms with Gasteiger partial charge < -0.3 is 25.0 Å². The van der Waals surface area contributed by atoms with Crippen LogP contribution in [0.1, 0.15) is 25.8 Å². The summed E-state index contributed by atoms with van der Waals surface area (Å²) in [5, 5.41) is 21.0. The number of aliphatic hydroxyl groups excluding tert-OH is 1. The number of aliphatic carboxylic acids is 1. The van der Waals surface area contributed by atoms with Gasteiger partial charge in [0.05, 0.1) is 13.2 Å². The number of ether oxygens (including phenoxy) is 2. The van der Waals surface area contributed by atoms with Gasteiger partial charge in [-0.15, -0.1) is 0 Å². The Hall–Kier alpha value is -1.79. The van der Waals surface area contributed by atoms with E-state index in [0.29, 0.717) is 24.7 Å². The fraction of sp³-hybridized carbons (Fsp3) is 0.533. The first-order chi connectivity index (χ1) is 10.1.